The van der Waals surface area contributed by atoms with Gasteiger partial charge in [-0.3, -0.25) is 0 Å². The molecular weight excluding hydrogens is 360 g/mol. The van der Waals surface area contributed by atoms with Crippen LogP contribution in [0.15, 0.2) is 66.2 Å². The van der Waals surface area contributed by atoms with Crippen molar-refractivity contribution in [3.63, 3.8) is 0 Å². The van der Waals surface area contributed by atoms with E-state index in [1.165, 1.54) is 43.7 Å². The number of benzene rings is 3. The first-order chi connectivity index (χ1) is 13.7. The second-order valence-electron chi connectivity index (χ2n) is 7.52. The van der Waals surface area contributed by atoms with Crippen molar-refractivity contribution in [1.29, 1.82) is 0 Å². The molecule has 5 rings (SSSR count). The Morgan fingerprint density at radius 3 is 2.57 bits per heavy atom. The Kier molecular flexibility index (Phi) is 4.25. The third-order valence-corrected chi connectivity index (χ3v) is 6.39. The molecule has 0 unspecified atom stereocenters. The molecule has 0 bridgehead atoms. The average molecular weight is 383 g/mol. The first kappa shape index (κ1) is 17.2. The molecule has 1 heterocycles. The van der Waals surface area contributed by atoms with Crippen molar-refractivity contribution in [2.75, 3.05) is 5.73 Å². The smallest absolute Gasteiger partial charge is 0.0812 e. The number of anilines is 1. The molecule has 0 atom stereocenters. The van der Waals surface area contributed by atoms with E-state index in [9.17, 15) is 0 Å². The molecule has 0 aliphatic heterocycles. The molecule has 0 fully saturated rings. The summed E-state index contributed by atoms with van der Waals surface area (Å²) in [5, 5.41) is 0. The molecule has 1 aliphatic rings. The molecule has 1 aliphatic carbocycles. The van der Waals surface area contributed by atoms with Crippen LogP contribution in [-0.2, 0) is 6.42 Å². The van der Waals surface area contributed by atoms with Gasteiger partial charge in [-0.2, -0.15) is 0 Å². The van der Waals surface area contributed by atoms with Crippen LogP contribution >= 0.6 is 11.3 Å². The van der Waals surface area contributed by atoms with Gasteiger partial charge < -0.3 is 5.73 Å². The molecule has 0 radical (unpaired) electrons. The minimum Gasteiger partial charge on any atom is -0.399 e. The highest BCUT2D eigenvalue weighted by atomic mass is 32.1. The summed E-state index contributed by atoms with van der Waals surface area (Å²) in [6, 6.07) is 22.0. The van der Waals surface area contributed by atoms with Crippen molar-refractivity contribution in [3.8, 4) is 0 Å². The summed E-state index contributed by atoms with van der Waals surface area (Å²) < 4.78 is 1.25. The van der Waals surface area contributed by atoms with Crippen molar-refractivity contribution < 1.29 is 0 Å². The SMILES string of the molecule is Cc1ccc(C2=C(c3ccc4ncsc4c3)CCCc3cc(N)ccc32)cc1. The normalized spacial score (nSPS) is 14.2. The fourth-order valence-corrected chi connectivity index (χ4v) is 4.91. The standard InChI is InChI=1S/C25H22N2S/c1-16-5-7-17(8-6-16)25-21(19-9-12-23-24(14-19)28-15-27-23)4-2-3-18-13-20(26)10-11-22(18)25/h5-15H,2-4,26H2,1H3. The van der Waals surface area contributed by atoms with Crippen LogP contribution in [0.1, 0.15) is 40.7 Å². The topological polar surface area (TPSA) is 38.9 Å². The lowest BCUT2D eigenvalue weighted by Gasteiger charge is -2.17. The van der Waals surface area contributed by atoms with E-state index in [4.69, 9.17) is 5.73 Å². The summed E-state index contributed by atoms with van der Waals surface area (Å²) in [5.41, 5.74) is 19.2. The molecule has 3 heteroatoms. The summed E-state index contributed by atoms with van der Waals surface area (Å²) >= 11 is 1.71. The number of aromatic nitrogens is 1. The van der Waals surface area contributed by atoms with Crippen LogP contribution in [0.5, 0.6) is 0 Å². The first-order valence-electron chi connectivity index (χ1n) is 9.71. The van der Waals surface area contributed by atoms with E-state index in [0.717, 1.165) is 30.5 Å². The monoisotopic (exact) mass is 382 g/mol. The van der Waals surface area contributed by atoms with Crippen LogP contribution in [0, 0.1) is 6.92 Å². The number of nitrogens with zero attached hydrogens (tertiary/aromatic N) is 1. The number of rotatable bonds is 2. The summed E-state index contributed by atoms with van der Waals surface area (Å²) in [4.78, 5) is 4.44. The lowest BCUT2D eigenvalue weighted by Crippen LogP contribution is -1.97. The summed E-state index contributed by atoms with van der Waals surface area (Å²) in [6.45, 7) is 2.14. The molecule has 138 valence electrons. The van der Waals surface area contributed by atoms with E-state index < -0.39 is 0 Å². The van der Waals surface area contributed by atoms with Gasteiger partial charge in [-0.1, -0.05) is 42.0 Å². The zero-order chi connectivity index (χ0) is 19.1. The minimum absolute atomic E-state index is 0.844. The second-order valence-corrected chi connectivity index (χ2v) is 8.41. The van der Waals surface area contributed by atoms with Crippen molar-refractivity contribution in [2.45, 2.75) is 26.2 Å². The lowest BCUT2D eigenvalue weighted by atomic mass is 9.87. The molecule has 0 spiro atoms. The highest BCUT2D eigenvalue weighted by molar-refractivity contribution is 7.16. The van der Waals surface area contributed by atoms with E-state index in [2.05, 4.69) is 66.5 Å². The van der Waals surface area contributed by atoms with E-state index in [1.54, 1.807) is 11.3 Å². The number of thiazole rings is 1. The highest BCUT2D eigenvalue weighted by Gasteiger charge is 2.20. The van der Waals surface area contributed by atoms with Gasteiger partial charge in [-0.05, 0) is 83.9 Å². The van der Waals surface area contributed by atoms with Gasteiger partial charge in [0.15, 0.2) is 0 Å². The molecular formula is C25H22N2S. The Morgan fingerprint density at radius 2 is 1.71 bits per heavy atom. The van der Waals surface area contributed by atoms with Gasteiger partial charge >= 0.3 is 0 Å². The van der Waals surface area contributed by atoms with Gasteiger partial charge in [0.25, 0.3) is 0 Å². The Labute approximate surface area is 169 Å². The Morgan fingerprint density at radius 1 is 0.893 bits per heavy atom. The summed E-state index contributed by atoms with van der Waals surface area (Å²) in [6.07, 6.45) is 3.24. The maximum Gasteiger partial charge on any atom is 0.0812 e. The minimum atomic E-state index is 0.844. The predicted molar refractivity (Wildman–Crippen MR) is 121 cm³/mol. The fraction of sp³-hybridized carbons (Fsp3) is 0.160. The molecule has 0 amide bonds. The molecule has 2 N–H and O–H groups in total. The third-order valence-electron chi connectivity index (χ3n) is 5.59. The average Bonchev–Trinajstić information content (AvgIpc) is 3.09. The van der Waals surface area contributed by atoms with Crippen LogP contribution in [0.4, 0.5) is 5.69 Å². The van der Waals surface area contributed by atoms with E-state index in [-0.39, 0.29) is 0 Å². The van der Waals surface area contributed by atoms with Gasteiger partial charge in [0.05, 0.1) is 15.7 Å². The van der Waals surface area contributed by atoms with Crippen molar-refractivity contribution in [2.24, 2.45) is 0 Å². The maximum atomic E-state index is 6.11. The highest BCUT2D eigenvalue weighted by Crippen LogP contribution is 2.41. The zero-order valence-corrected chi connectivity index (χ0v) is 16.7. The summed E-state index contributed by atoms with van der Waals surface area (Å²) in [7, 11) is 0. The molecule has 3 aromatic carbocycles. The van der Waals surface area contributed by atoms with Gasteiger partial charge in [0.2, 0.25) is 0 Å². The van der Waals surface area contributed by atoms with E-state index in [1.807, 2.05) is 11.6 Å². The third kappa shape index (κ3) is 3.02. The quantitative estimate of drug-likeness (QED) is 0.403. The van der Waals surface area contributed by atoms with Gasteiger partial charge in [-0.15, -0.1) is 11.3 Å². The van der Waals surface area contributed by atoms with Crippen LogP contribution < -0.4 is 5.73 Å². The first-order valence-corrected chi connectivity index (χ1v) is 10.6. The number of hydrogen-bond donors (Lipinski definition) is 1. The van der Waals surface area contributed by atoms with Gasteiger partial charge in [0, 0.05) is 5.69 Å². The van der Waals surface area contributed by atoms with Crippen LogP contribution in [-0.4, -0.2) is 4.98 Å². The predicted octanol–water partition coefficient (Wildman–Crippen LogP) is 6.48. The maximum absolute atomic E-state index is 6.11. The lowest BCUT2D eigenvalue weighted by molar-refractivity contribution is 0.861. The van der Waals surface area contributed by atoms with Crippen molar-refractivity contribution in [3.05, 3.63) is 94.0 Å². The largest absolute Gasteiger partial charge is 0.399 e. The Bertz CT molecular complexity index is 1200. The van der Waals surface area contributed by atoms with E-state index in [0.29, 0.717) is 0 Å². The Hall–Kier alpha value is -2.91. The van der Waals surface area contributed by atoms with Gasteiger partial charge in [-0.25, -0.2) is 4.98 Å². The zero-order valence-electron chi connectivity index (χ0n) is 15.9. The van der Waals surface area contributed by atoms with Crippen LogP contribution in [0.3, 0.4) is 0 Å². The molecule has 28 heavy (non-hydrogen) atoms. The number of nitrogen functional groups attached to an aromatic ring is 1. The van der Waals surface area contributed by atoms with Crippen molar-refractivity contribution in [1.82, 2.24) is 4.98 Å². The van der Waals surface area contributed by atoms with Gasteiger partial charge in [0.1, 0.15) is 0 Å². The number of aryl methyl sites for hydroxylation is 2. The molecule has 1 aromatic heterocycles. The molecule has 4 aromatic rings. The second kappa shape index (κ2) is 6.92. The number of hydrogen-bond acceptors (Lipinski definition) is 3. The molecule has 0 saturated heterocycles. The van der Waals surface area contributed by atoms with Crippen LogP contribution in [0.2, 0.25) is 0 Å². The van der Waals surface area contributed by atoms with Crippen molar-refractivity contribution >= 4 is 38.4 Å². The molecule has 2 nitrogen and oxygen atoms in total. The van der Waals surface area contributed by atoms with Crippen LogP contribution in [0.25, 0.3) is 21.4 Å². The fourth-order valence-electron chi connectivity index (χ4n) is 4.19. The number of fused-ring (bicyclic) bond motifs is 2. The summed E-state index contributed by atoms with van der Waals surface area (Å²) in [5.74, 6) is 0. The number of allylic oxidation sites excluding steroid dienone is 1. The molecule has 0 saturated carbocycles. The van der Waals surface area contributed by atoms with E-state index >= 15 is 0 Å². The number of nitrogens with two attached hydrogens (primary N) is 1. The Balaban J connectivity index is 1.80.